The summed E-state index contributed by atoms with van der Waals surface area (Å²) >= 11 is 0. The number of hydrogen-bond donors (Lipinski definition) is 1. The lowest BCUT2D eigenvalue weighted by Gasteiger charge is -2.06. The second kappa shape index (κ2) is 7.06. The van der Waals surface area contributed by atoms with Gasteiger partial charge in [0.1, 0.15) is 29.2 Å². The van der Waals surface area contributed by atoms with Crippen molar-refractivity contribution >= 4 is 0 Å². The van der Waals surface area contributed by atoms with E-state index in [1.54, 1.807) is 42.7 Å². The van der Waals surface area contributed by atoms with Gasteiger partial charge in [-0.25, -0.2) is 4.98 Å². The molecule has 0 unspecified atom stereocenters. The molecule has 130 valence electrons. The lowest BCUT2D eigenvalue weighted by Crippen LogP contribution is -1.85. The van der Waals surface area contributed by atoms with Crippen molar-refractivity contribution in [3.05, 3.63) is 84.6 Å². The lowest BCUT2D eigenvalue weighted by atomic mass is 10.1. The Hall–Kier alpha value is -4.04. The van der Waals surface area contributed by atoms with Crippen molar-refractivity contribution in [3.8, 4) is 46.0 Å². The third-order valence-electron chi connectivity index (χ3n) is 3.97. The van der Waals surface area contributed by atoms with E-state index in [0.717, 1.165) is 11.1 Å². The number of nitriles is 1. The molecular weight excluding hydrogens is 340 g/mol. The van der Waals surface area contributed by atoms with Crippen LogP contribution in [0.2, 0.25) is 0 Å². The molecular formula is C22H14N2O3. The summed E-state index contributed by atoms with van der Waals surface area (Å²) in [5.41, 5.74) is 2.89. The molecule has 3 aromatic carbocycles. The van der Waals surface area contributed by atoms with E-state index < -0.39 is 0 Å². The first-order valence-electron chi connectivity index (χ1n) is 8.25. The fourth-order valence-electron chi connectivity index (χ4n) is 2.60. The van der Waals surface area contributed by atoms with E-state index in [9.17, 15) is 5.11 Å². The first-order valence-corrected chi connectivity index (χ1v) is 8.25. The Morgan fingerprint density at radius 3 is 2.30 bits per heavy atom. The smallest absolute Gasteiger partial charge is 0.226 e. The molecule has 4 rings (SSSR count). The van der Waals surface area contributed by atoms with Gasteiger partial charge in [0, 0.05) is 11.1 Å². The van der Waals surface area contributed by atoms with E-state index in [1.165, 1.54) is 0 Å². The monoisotopic (exact) mass is 354 g/mol. The lowest BCUT2D eigenvalue weighted by molar-refractivity contribution is 0.464. The SMILES string of the molecule is N#Cc1cccc(-c2coc(-c3ccc(Oc4ccc(O)cc4)cc3)n2)c1. The number of hydrogen-bond acceptors (Lipinski definition) is 5. The van der Waals surface area contributed by atoms with Crippen molar-refractivity contribution in [3.63, 3.8) is 0 Å². The zero-order valence-corrected chi connectivity index (χ0v) is 14.2. The maximum atomic E-state index is 9.31. The van der Waals surface area contributed by atoms with Gasteiger partial charge in [-0.15, -0.1) is 0 Å². The van der Waals surface area contributed by atoms with Crippen LogP contribution in [0.3, 0.4) is 0 Å². The summed E-state index contributed by atoms with van der Waals surface area (Å²) in [6, 6.07) is 23.2. The van der Waals surface area contributed by atoms with Gasteiger partial charge in [0.15, 0.2) is 0 Å². The van der Waals surface area contributed by atoms with Gasteiger partial charge >= 0.3 is 0 Å². The molecule has 0 bridgehead atoms. The van der Waals surface area contributed by atoms with Crippen LogP contribution in [0.4, 0.5) is 0 Å². The van der Waals surface area contributed by atoms with Crippen molar-refractivity contribution in [2.45, 2.75) is 0 Å². The standard InChI is InChI=1S/C22H14N2O3/c23-13-15-2-1-3-17(12-15)21-14-26-22(24-21)16-4-8-19(9-5-16)27-20-10-6-18(25)7-11-20/h1-12,14,25H. The largest absolute Gasteiger partial charge is 0.508 e. The van der Waals surface area contributed by atoms with Crippen LogP contribution in [0.1, 0.15) is 5.56 Å². The number of ether oxygens (including phenoxy) is 1. The Balaban J connectivity index is 1.53. The zero-order valence-electron chi connectivity index (χ0n) is 14.2. The minimum Gasteiger partial charge on any atom is -0.508 e. The van der Waals surface area contributed by atoms with E-state index in [0.29, 0.717) is 28.6 Å². The van der Waals surface area contributed by atoms with Crippen LogP contribution < -0.4 is 4.74 Å². The molecule has 27 heavy (non-hydrogen) atoms. The fourth-order valence-corrected chi connectivity index (χ4v) is 2.60. The van der Waals surface area contributed by atoms with Gasteiger partial charge in [-0.3, -0.25) is 0 Å². The van der Waals surface area contributed by atoms with Crippen molar-refractivity contribution < 1.29 is 14.3 Å². The van der Waals surface area contributed by atoms with Crippen LogP contribution in [0.25, 0.3) is 22.7 Å². The van der Waals surface area contributed by atoms with Gasteiger partial charge in [-0.05, 0) is 60.7 Å². The van der Waals surface area contributed by atoms with Gasteiger partial charge in [0.05, 0.1) is 11.6 Å². The zero-order chi connectivity index (χ0) is 18.6. The number of phenolic OH excluding ortho intramolecular Hbond substituents is 1. The number of nitrogens with zero attached hydrogens (tertiary/aromatic N) is 2. The molecule has 5 nitrogen and oxygen atoms in total. The summed E-state index contributed by atoms with van der Waals surface area (Å²) in [5, 5.41) is 18.3. The van der Waals surface area contributed by atoms with Gasteiger partial charge in [0.25, 0.3) is 0 Å². The van der Waals surface area contributed by atoms with Crippen molar-refractivity contribution in [2.24, 2.45) is 0 Å². The van der Waals surface area contributed by atoms with Gasteiger partial charge in [-0.1, -0.05) is 12.1 Å². The average molecular weight is 354 g/mol. The van der Waals surface area contributed by atoms with Gasteiger partial charge in [0.2, 0.25) is 5.89 Å². The minimum atomic E-state index is 0.192. The molecule has 0 radical (unpaired) electrons. The average Bonchev–Trinajstić information content (AvgIpc) is 3.21. The van der Waals surface area contributed by atoms with E-state index in [4.69, 9.17) is 14.4 Å². The Kier molecular flexibility index (Phi) is 4.30. The summed E-state index contributed by atoms with van der Waals surface area (Å²) in [6.45, 7) is 0. The molecule has 5 heteroatoms. The molecule has 0 spiro atoms. The topological polar surface area (TPSA) is 79.3 Å². The van der Waals surface area contributed by atoms with Gasteiger partial charge < -0.3 is 14.3 Å². The van der Waals surface area contributed by atoms with Crippen LogP contribution in [-0.4, -0.2) is 10.1 Å². The summed E-state index contributed by atoms with van der Waals surface area (Å²) in [5.74, 6) is 1.98. The Labute approximate surface area is 155 Å². The molecule has 0 aliphatic rings. The number of aromatic nitrogens is 1. The predicted molar refractivity (Wildman–Crippen MR) is 100 cm³/mol. The number of phenols is 1. The Morgan fingerprint density at radius 2 is 1.59 bits per heavy atom. The molecule has 1 N–H and O–H groups in total. The second-order valence-corrected chi connectivity index (χ2v) is 5.85. The number of benzene rings is 3. The third-order valence-corrected chi connectivity index (χ3v) is 3.97. The van der Waals surface area contributed by atoms with Crippen LogP contribution in [0.15, 0.2) is 83.5 Å². The second-order valence-electron chi connectivity index (χ2n) is 5.85. The normalized spacial score (nSPS) is 10.3. The highest BCUT2D eigenvalue weighted by molar-refractivity contribution is 5.64. The minimum absolute atomic E-state index is 0.192. The highest BCUT2D eigenvalue weighted by Gasteiger charge is 2.09. The van der Waals surface area contributed by atoms with E-state index in [2.05, 4.69) is 11.1 Å². The molecule has 4 aromatic rings. The number of aromatic hydroxyl groups is 1. The summed E-state index contributed by atoms with van der Waals surface area (Å²) in [4.78, 5) is 4.50. The van der Waals surface area contributed by atoms with Crippen molar-refractivity contribution in [1.29, 1.82) is 5.26 Å². The highest BCUT2D eigenvalue weighted by Crippen LogP contribution is 2.28. The number of rotatable bonds is 4. The molecule has 0 atom stereocenters. The van der Waals surface area contributed by atoms with Crippen molar-refractivity contribution in [1.82, 2.24) is 4.98 Å². The van der Waals surface area contributed by atoms with E-state index in [-0.39, 0.29) is 5.75 Å². The molecule has 0 aliphatic carbocycles. The van der Waals surface area contributed by atoms with E-state index in [1.807, 2.05) is 36.4 Å². The quantitative estimate of drug-likeness (QED) is 0.532. The highest BCUT2D eigenvalue weighted by atomic mass is 16.5. The van der Waals surface area contributed by atoms with Crippen LogP contribution in [0.5, 0.6) is 17.2 Å². The van der Waals surface area contributed by atoms with Crippen LogP contribution in [-0.2, 0) is 0 Å². The Bertz CT molecular complexity index is 1110. The maximum absolute atomic E-state index is 9.31. The molecule has 1 aromatic heterocycles. The fraction of sp³-hybridized carbons (Fsp3) is 0. The first kappa shape index (κ1) is 16.4. The summed E-state index contributed by atoms with van der Waals surface area (Å²) in [7, 11) is 0. The van der Waals surface area contributed by atoms with Crippen LogP contribution >= 0.6 is 0 Å². The van der Waals surface area contributed by atoms with Crippen molar-refractivity contribution in [2.75, 3.05) is 0 Å². The summed E-state index contributed by atoms with van der Waals surface area (Å²) < 4.78 is 11.3. The van der Waals surface area contributed by atoms with E-state index >= 15 is 0 Å². The molecule has 0 fully saturated rings. The molecule has 0 amide bonds. The maximum Gasteiger partial charge on any atom is 0.226 e. The molecule has 0 saturated heterocycles. The van der Waals surface area contributed by atoms with Gasteiger partial charge in [-0.2, -0.15) is 5.26 Å². The molecule has 0 aliphatic heterocycles. The number of oxazole rings is 1. The summed E-state index contributed by atoms with van der Waals surface area (Å²) in [6.07, 6.45) is 1.58. The molecule has 0 saturated carbocycles. The van der Waals surface area contributed by atoms with Crippen LogP contribution in [0, 0.1) is 11.3 Å². The first-order chi connectivity index (χ1) is 13.2. The Morgan fingerprint density at radius 1 is 0.889 bits per heavy atom. The molecule has 1 heterocycles. The third kappa shape index (κ3) is 3.65. The predicted octanol–water partition coefficient (Wildman–Crippen LogP) is 5.38.